The molecule has 0 saturated carbocycles. The molecule has 2 N–H and O–H groups in total. The zero-order valence-electron chi connectivity index (χ0n) is 14.4. The molecule has 0 aliphatic rings. The summed E-state index contributed by atoms with van der Waals surface area (Å²) in [6.07, 6.45) is 0. The standard InChI is InChI=1S/C21H16Cl2N2O2/c1-13-2-11-18(24-20(26)14-3-7-16(22)8-4-14)12-19(13)25-21(27)15-5-9-17(23)10-6-15/h2-12H,1H3,(H,24,26)(H,25,27). The summed E-state index contributed by atoms with van der Waals surface area (Å²) in [5, 5.41) is 6.80. The molecule has 0 saturated heterocycles. The number of nitrogens with one attached hydrogen (secondary N) is 2. The van der Waals surface area contributed by atoms with Crippen molar-refractivity contribution in [2.24, 2.45) is 0 Å². The van der Waals surface area contributed by atoms with E-state index in [1.165, 1.54) is 0 Å². The second-order valence-electron chi connectivity index (χ2n) is 5.95. The highest BCUT2D eigenvalue weighted by atomic mass is 35.5. The highest BCUT2D eigenvalue weighted by Gasteiger charge is 2.10. The Morgan fingerprint density at radius 2 is 1.19 bits per heavy atom. The first-order valence-electron chi connectivity index (χ1n) is 8.17. The number of anilines is 2. The Labute approximate surface area is 167 Å². The van der Waals surface area contributed by atoms with Crippen molar-refractivity contribution in [1.29, 1.82) is 0 Å². The van der Waals surface area contributed by atoms with Gasteiger partial charge in [-0.15, -0.1) is 0 Å². The van der Waals surface area contributed by atoms with Crippen molar-refractivity contribution < 1.29 is 9.59 Å². The number of aryl methyl sites for hydroxylation is 1. The van der Waals surface area contributed by atoms with Crippen LogP contribution in [0.4, 0.5) is 11.4 Å². The molecule has 0 atom stereocenters. The molecule has 0 heterocycles. The van der Waals surface area contributed by atoms with E-state index >= 15 is 0 Å². The minimum atomic E-state index is -0.259. The van der Waals surface area contributed by atoms with Gasteiger partial charge in [0.05, 0.1) is 0 Å². The van der Waals surface area contributed by atoms with E-state index in [-0.39, 0.29) is 11.8 Å². The zero-order valence-corrected chi connectivity index (χ0v) is 15.9. The number of carbonyl (C=O) groups is 2. The van der Waals surface area contributed by atoms with Crippen LogP contribution in [0.15, 0.2) is 66.7 Å². The lowest BCUT2D eigenvalue weighted by atomic mass is 10.1. The largest absolute Gasteiger partial charge is 0.322 e. The number of carbonyl (C=O) groups excluding carboxylic acids is 2. The van der Waals surface area contributed by atoms with Gasteiger partial charge in [-0.3, -0.25) is 9.59 Å². The van der Waals surface area contributed by atoms with Crippen LogP contribution in [0.25, 0.3) is 0 Å². The minimum absolute atomic E-state index is 0.254. The van der Waals surface area contributed by atoms with Gasteiger partial charge in [0, 0.05) is 32.5 Å². The number of rotatable bonds is 4. The lowest BCUT2D eigenvalue weighted by Gasteiger charge is -2.12. The maximum Gasteiger partial charge on any atom is 0.255 e. The van der Waals surface area contributed by atoms with Gasteiger partial charge in [0.2, 0.25) is 0 Å². The van der Waals surface area contributed by atoms with Gasteiger partial charge in [-0.1, -0.05) is 29.3 Å². The van der Waals surface area contributed by atoms with E-state index in [1.54, 1.807) is 60.7 Å². The summed E-state index contributed by atoms with van der Waals surface area (Å²) < 4.78 is 0. The van der Waals surface area contributed by atoms with Crippen molar-refractivity contribution in [3.63, 3.8) is 0 Å². The van der Waals surface area contributed by atoms with Crippen LogP contribution in [0.2, 0.25) is 10.0 Å². The summed E-state index contributed by atoms with van der Waals surface area (Å²) in [5.74, 6) is -0.513. The molecule has 0 spiro atoms. The van der Waals surface area contributed by atoms with Gasteiger partial charge in [-0.05, 0) is 73.2 Å². The van der Waals surface area contributed by atoms with E-state index < -0.39 is 0 Å². The third-order valence-electron chi connectivity index (χ3n) is 3.96. The van der Waals surface area contributed by atoms with Crippen LogP contribution >= 0.6 is 23.2 Å². The lowest BCUT2D eigenvalue weighted by Crippen LogP contribution is -2.14. The lowest BCUT2D eigenvalue weighted by molar-refractivity contribution is 0.101. The van der Waals surface area contributed by atoms with Gasteiger partial charge in [0.25, 0.3) is 11.8 Å². The van der Waals surface area contributed by atoms with Crippen molar-refractivity contribution >= 4 is 46.4 Å². The van der Waals surface area contributed by atoms with Crippen LogP contribution in [-0.2, 0) is 0 Å². The van der Waals surface area contributed by atoms with Crippen molar-refractivity contribution in [1.82, 2.24) is 0 Å². The Bertz CT molecular complexity index is 984. The third-order valence-corrected chi connectivity index (χ3v) is 4.46. The number of hydrogen-bond acceptors (Lipinski definition) is 2. The number of benzene rings is 3. The molecule has 136 valence electrons. The average Bonchev–Trinajstić information content (AvgIpc) is 2.65. The average molecular weight is 399 g/mol. The third kappa shape index (κ3) is 4.88. The fourth-order valence-corrected chi connectivity index (χ4v) is 2.69. The summed E-state index contributed by atoms with van der Waals surface area (Å²) in [6.45, 7) is 1.88. The Hall–Kier alpha value is -2.82. The van der Waals surface area contributed by atoms with Crippen LogP contribution in [-0.4, -0.2) is 11.8 Å². The van der Waals surface area contributed by atoms with Crippen LogP contribution < -0.4 is 10.6 Å². The Morgan fingerprint density at radius 1 is 0.704 bits per heavy atom. The van der Waals surface area contributed by atoms with Gasteiger partial charge < -0.3 is 10.6 Å². The highest BCUT2D eigenvalue weighted by Crippen LogP contribution is 2.22. The molecule has 27 heavy (non-hydrogen) atoms. The Kier molecular flexibility index (Phi) is 5.79. The van der Waals surface area contributed by atoms with Crippen molar-refractivity contribution in [3.8, 4) is 0 Å². The van der Waals surface area contributed by atoms with Gasteiger partial charge in [-0.25, -0.2) is 0 Å². The zero-order chi connectivity index (χ0) is 19.4. The predicted octanol–water partition coefficient (Wildman–Crippen LogP) is 5.81. The highest BCUT2D eigenvalue weighted by molar-refractivity contribution is 6.31. The van der Waals surface area contributed by atoms with Crippen molar-refractivity contribution in [3.05, 3.63) is 93.5 Å². The molecule has 0 aromatic heterocycles. The molecule has 4 nitrogen and oxygen atoms in total. The van der Waals surface area contributed by atoms with E-state index in [4.69, 9.17) is 23.2 Å². The number of hydrogen-bond donors (Lipinski definition) is 2. The summed E-state index contributed by atoms with van der Waals surface area (Å²) in [4.78, 5) is 24.8. The van der Waals surface area contributed by atoms with Gasteiger partial charge in [0.1, 0.15) is 0 Å². The Morgan fingerprint density at radius 3 is 1.70 bits per heavy atom. The summed E-state index contributed by atoms with van der Waals surface area (Å²) in [5.41, 5.74) is 3.05. The fourth-order valence-electron chi connectivity index (χ4n) is 2.43. The molecular weight excluding hydrogens is 383 g/mol. The quantitative estimate of drug-likeness (QED) is 0.582. The summed E-state index contributed by atoms with van der Waals surface area (Å²) in [7, 11) is 0. The summed E-state index contributed by atoms with van der Waals surface area (Å²) >= 11 is 11.7. The first-order valence-corrected chi connectivity index (χ1v) is 8.92. The van der Waals surface area contributed by atoms with Gasteiger partial charge in [-0.2, -0.15) is 0 Å². The second kappa shape index (κ2) is 8.25. The fraction of sp³-hybridized carbons (Fsp3) is 0.0476. The predicted molar refractivity (Wildman–Crippen MR) is 110 cm³/mol. The maximum atomic E-state index is 12.4. The molecule has 0 unspecified atom stereocenters. The summed E-state index contributed by atoms with van der Waals surface area (Å²) in [6, 6.07) is 18.6. The van der Waals surface area contributed by atoms with Crippen molar-refractivity contribution in [2.45, 2.75) is 6.92 Å². The topological polar surface area (TPSA) is 58.2 Å². The van der Waals surface area contributed by atoms with E-state index in [0.717, 1.165) is 5.56 Å². The molecule has 3 aromatic rings. The van der Waals surface area contributed by atoms with E-state index in [0.29, 0.717) is 32.5 Å². The molecule has 2 amide bonds. The molecule has 0 aliphatic carbocycles. The number of halogens is 2. The normalized spacial score (nSPS) is 10.3. The van der Waals surface area contributed by atoms with E-state index in [1.807, 2.05) is 13.0 Å². The monoisotopic (exact) mass is 398 g/mol. The Balaban J connectivity index is 1.75. The molecule has 0 aliphatic heterocycles. The molecule has 0 bridgehead atoms. The smallest absolute Gasteiger partial charge is 0.255 e. The van der Waals surface area contributed by atoms with E-state index in [9.17, 15) is 9.59 Å². The van der Waals surface area contributed by atoms with Crippen LogP contribution in [0.5, 0.6) is 0 Å². The SMILES string of the molecule is Cc1ccc(NC(=O)c2ccc(Cl)cc2)cc1NC(=O)c1ccc(Cl)cc1. The number of amides is 2. The molecular formula is C21H16Cl2N2O2. The minimum Gasteiger partial charge on any atom is -0.322 e. The molecule has 3 aromatic carbocycles. The molecule has 0 radical (unpaired) electrons. The van der Waals surface area contributed by atoms with Crippen LogP contribution in [0, 0.1) is 6.92 Å². The first-order chi connectivity index (χ1) is 12.9. The first kappa shape index (κ1) is 19.0. The van der Waals surface area contributed by atoms with Crippen LogP contribution in [0.3, 0.4) is 0 Å². The van der Waals surface area contributed by atoms with E-state index in [2.05, 4.69) is 10.6 Å². The van der Waals surface area contributed by atoms with Gasteiger partial charge >= 0.3 is 0 Å². The maximum absolute atomic E-state index is 12.4. The van der Waals surface area contributed by atoms with Crippen molar-refractivity contribution in [2.75, 3.05) is 10.6 Å². The molecule has 3 rings (SSSR count). The van der Waals surface area contributed by atoms with Gasteiger partial charge in [0.15, 0.2) is 0 Å². The molecule has 0 fully saturated rings. The second-order valence-corrected chi connectivity index (χ2v) is 6.82. The molecule has 6 heteroatoms. The van der Waals surface area contributed by atoms with Crippen LogP contribution in [0.1, 0.15) is 26.3 Å².